The number of carboxylic acids is 1. The van der Waals surface area contributed by atoms with E-state index in [9.17, 15) is 9.90 Å². The van der Waals surface area contributed by atoms with Crippen LogP contribution in [-0.2, 0) is 12.8 Å². The molecule has 1 aliphatic carbocycles. The fourth-order valence-electron chi connectivity index (χ4n) is 3.27. The van der Waals surface area contributed by atoms with Crippen molar-refractivity contribution in [3.05, 3.63) is 39.5 Å². The molecule has 0 aliphatic heterocycles. The number of carbonyl (C=O) groups is 1. The number of benzene rings is 1. The monoisotopic (exact) mass is 347 g/mol. The number of para-hydroxylation sites is 1. The summed E-state index contributed by atoms with van der Waals surface area (Å²) in [5, 5.41) is 10.4. The zero-order valence-corrected chi connectivity index (χ0v) is 13.8. The first-order chi connectivity index (χ1) is 9.99. The number of pyridine rings is 1. The zero-order chi connectivity index (χ0) is 15.1. The maximum absolute atomic E-state index is 11.8. The highest BCUT2D eigenvalue weighted by atomic mass is 79.9. The first kappa shape index (κ1) is 14.5. The van der Waals surface area contributed by atoms with Crippen molar-refractivity contribution in [2.75, 3.05) is 0 Å². The molecule has 0 bridgehead atoms. The van der Waals surface area contributed by atoms with Crippen LogP contribution in [0.1, 0.15) is 41.9 Å². The lowest BCUT2D eigenvalue weighted by atomic mass is 9.78. The molecule has 0 saturated heterocycles. The molecule has 0 spiro atoms. The molecule has 1 unspecified atom stereocenters. The number of nitrogens with zero attached hydrogens (tertiary/aromatic N) is 1. The summed E-state index contributed by atoms with van der Waals surface area (Å²) in [6, 6.07) is 5.64. The maximum atomic E-state index is 11.8. The molecule has 1 atom stereocenters. The third-order valence-electron chi connectivity index (χ3n) is 4.53. The molecule has 1 heterocycles. The van der Waals surface area contributed by atoms with Crippen molar-refractivity contribution < 1.29 is 9.90 Å². The van der Waals surface area contributed by atoms with Crippen LogP contribution in [0.2, 0.25) is 0 Å². The Hall–Kier alpha value is -1.42. The van der Waals surface area contributed by atoms with E-state index in [0.29, 0.717) is 17.4 Å². The average Bonchev–Trinajstić information content (AvgIpc) is 2.44. The fraction of sp³-hybridized carbons (Fsp3) is 0.412. The van der Waals surface area contributed by atoms with E-state index >= 15 is 0 Å². The molecule has 2 aromatic rings. The molecule has 1 aromatic carbocycles. The third-order valence-corrected chi connectivity index (χ3v) is 5.17. The summed E-state index contributed by atoms with van der Waals surface area (Å²) in [5.41, 5.74) is 3.11. The molecule has 3 rings (SSSR count). The molecule has 0 amide bonds. The number of aryl methyl sites for hydroxylation is 1. The molecule has 1 aliphatic rings. The smallest absolute Gasteiger partial charge is 0.336 e. The summed E-state index contributed by atoms with van der Waals surface area (Å²) in [6.07, 6.45) is 2.78. The lowest BCUT2D eigenvalue weighted by molar-refractivity contribution is 0.0696. The Morgan fingerprint density at radius 2 is 2.19 bits per heavy atom. The number of halogens is 1. The predicted molar refractivity (Wildman–Crippen MR) is 86.8 cm³/mol. The van der Waals surface area contributed by atoms with E-state index < -0.39 is 5.97 Å². The minimum atomic E-state index is -0.846. The van der Waals surface area contributed by atoms with Gasteiger partial charge in [-0.05, 0) is 58.7 Å². The van der Waals surface area contributed by atoms with Gasteiger partial charge in [-0.3, -0.25) is 4.98 Å². The van der Waals surface area contributed by atoms with Gasteiger partial charge in [-0.25, -0.2) is 4.79 Å². The van der Waals surface area contributed by atoms with Gasteiger partial charge in [0, 0.05) is 15.6 Å². The Morgan fingerprint density at radius 3 is 2.86 bits per heavy atom. The second-order valence-corrected chi connectivity index (χ2v) is 6.95. The van der Waals surface area contributed by atoms with Crippen LogP contribution in [0.4, 0.5) is 0 Å². The van der Waals surface area contributed by atoms with Crippen molar-refractivity contribution in [1.82, 2.24) is 4.98 Å². The quantitative estimate of drug-likeness (QED) is 0.872. The average molecular weight is 348 g/mol. The minimum absolute atomic E-state index is 0.446. The summed E-state index contributed by atoms with van der Waals surface area (Å²) >= 11 is 3.49. The zero-order valence-electron chi connectivity index (χ0n) is 12.2. The lowest BCUT2D eigenvalue weighted by Gasteiger charge is -2.28. The van der Waals surface area contributed by atoms with Crippen LogP contribution >= 0.6 is 15.9 Å². The number of hydrogen-bond donors (Lipinski definition) is 1. The standard InChI is InChI=1S/C17H18BrNO2/c1-9(2)10-6-7-14-12(8-10)15(17(20)21)11-4-3-5-13(18)16(11)19-14/h3-5,9-10H,6-8H2,1-2H3,(H,20,21). The molecule has 1 aromatic heterocycles. The van der Waals surface area contributed by atoms with Crippen molar-refractivity contribution >= 4 is 32.8 Å². The lowest BCUT2D eigenvalue weighted by Crippen LogP contribution is -2.23. The fourth-order valence-corrected chi connectivity index (χ4v) is 3.72. The Morgan fingerprint density at radius 1 is 1.43 bits per heavy atom. The third kappa shape index (κ3) is 2.46. The molecule has 110 valence electrons. The van der Waals surface area contributed by atoms with E-state index in [1.54, 1.807) is 0 Å². The second-order valence-electron chi connectivity index (χ2n) is 6.10. The number of hydrogen-bond acceptors (Lipinski definition) is 2. The second kappa shape index (κ2) is 5.41. The van der Waals surface area contributed by atoms with Crippen LogP contribution in [0.5, 0.6) is 0 Å². The van der Waals surface area contributed by atoms with E-state index in [-0.39, 0.29) is 0 Å². The first-order valence-corrected chi connectivity index (χ1v) is 8.11. The van der Waals surface area contributed by atoms with E-state index in [2.05, 4.69) is 29.8 Å². The Labute approximate surface area is 132 Å². The molecule has 21 heavy (non-hydrogen) atoms. The van der Waals surface area contributed by atoms with Gasteiger partial charge in [0.05, 0.1) is 11.1 Å². The molecule has 0 saturated carbocycles. The van der Waals surface area contributed by atoms with Gasteiger partial charge >= 0.3 is 5.97 Å². The minimum Gasteiger partial charge on any atom is -0.478 e. The predicted octanol–water partition coefficient (Wildman–Crippen LogP) is 4.46. The van der Waals surface area contributed by atoms with Crippen LogP contribution in [0.25, 0.3) is 10.9 Å². The SMILES string of the molecule is CC(C)C1CCc2nc3c(Br)cccc3c(C(=O)O)c2C1. The van der Waals surface area contributed by atoms with Gasteiger partial charge < -0.3 is 5.11 Å². The molecular formula is C17H18BrNO2. The van der Waals surface area contributed by atoms with Gasteiger partial charge in [0.15, 0.2) is 0 Å². The highest BCUT2D eigenvalue weighted by Crippen LogP contribution is 2.36. The normalized spacial score (nSPS) is 18.0. The van der Waals surface area contributed by atoms with Gasteiger partial charge in [0.2, 0.25) is 0 Å². The van der Waals surface area contributed by atoms with Crippen LogP contribution < -0.4 is 0 Å². The van der Waals surface area contributed by atoms with Gasteiger partial charge in [0.1, 0.15) is 0 Å². The van der Waals surface area contributed by atoms with Crippen LogP contribution in [0, 0.1) is 11.8 Å². The van der Waals surface area contributed by atoms with E-state index in [0.717, 1.165) is 45.9 Å². The molecule has 3 nitrogen and oxygen atoms in total. The maximum Gasteiger partial charge on any atom is 0.336 e. The van der Waals surface area contributed by atoms with Crippen LogP contribution in [0.3, 0.4) is 0 Å². The summed E-state index contributed by atoms with van der Waals surface area (Å²) in [5.74, 6) is 0.265. The molecular weight excluding hydrogens is 330 g/mol. The Balaban J connectivity index is 2.28. The van der Waals surface area contributed by atoms with Crippen molar-refractivity contribution in [3.8, 4) is 0 Å². The highest BCUT2D eigenvalue weighted by Gasteiger charge is 2.28. The van der Waals surface area contributed by atoms with Gasteiger partial charge in [-0.2, -0.15) is 0 Å². The molecule has 4 heteroatoms. The van der Waals surface area contributed by atoms with Crippen molar-refractivity contribution in [3.63, 3.8) is 0 Å². The van der Waals surface area contributed by atoms with Crippen molar-refractivity contribution in [1.29, 1.82) is 0 Å². The largest absolute Gasteiger partial charge is 0.478 e. The first-order valence-electron chi connectivity index (χ1n) is 7.32. The van der Waals surface area contributed by atoms with Crippen molar-refractivity contribution in [2.24, 2.45) is 11.8 Å². The molecule has 0 radical (unpaired) electrons. The number of rotatable bonds is 2. The van der Waals surface area contributed by atoms with E-state index in [1.807, 2.05) is 18.2 Å². The van der Waals surface area contributed by atoms with E-state index in [1.165, 1.54) is 0 Å². The van der Waals surface area contributed by atoms with Crippen molar-refractivity contribution in [2.45, 2.75) is 33.1 Å². The van der Waals surface area contributed by atoms with E-state index in [4.69, 9.17) is 4.98 Å². The van der Waals surface area contributed by atoms with Crippen LogP contribution in [-0.4, -0.2) is 16.1 Å². The van der Waals surface area contributed by atoms with Crippen LogP contribution in [0.15, 0.2) is 22.7 Å². The van der Waals surface area contributed by atoms with Gasteiger partial charge in [0.25, 0.3) is 0 Å². The highest BCUT2D eigenvalue weighted by molar-refractivity contribution is 9.10. The Kier molecular flexibility index (Phi) is 3.74. The summed E-state index contributed by atoms with van der Waals surface area (Å²) < 4.78 is 0.858. The number of aromatic nitrogens is 1. The summed E-state index contributed by atoms with van der Waals surface area (Å²) in [7, 11) is 0. The van der Waals surface area contributed by atoms with Gasteiger partial charge in [-0.1, -0.05) is 26.0 Å². The number of fused-ring (bicyclic) bond motifs is 2. The number of carboxylic acid groups (broad SMARTS) is 1. The number of aromatic carboxylic acids is 1. The molecule has 1 N–H and O–H groups in total. The Bertz CT molecular complexity index is 724. The topological polar surface area (TPSA) is 50.2 Å². The summed E-state index contributed by atoms with van der Waals surface area (Å²) in [6.45, 7) is 4.42. The molecule has 0 fully saturated rings. The van der Waals surface area contributed by atoms with Gasteiger partial charge in [-0.15, -0.1) is 0 Å². The summed E-state index contributed by atoms with van der Waals surface area (Å²) in [4.78, 5) is 16.6.